The number of amides is 1. The standard InChI is InChI=1S/C18H24N2O3/c21-16(12-20-11-8-14-6-2-3-7-15(14)20)19-13-18(17(22)23)9-4-1-5-10-18/h2-3,6-7H,1,4-5,8-13H2,(H,19,21)(H,22,23). The summed E-state index contributed by atoms with van der Waals surface area (Å²) in [5.74, 6) is -0.864. The molecule has 5 heteroatoms. The molecule has 1 aromatic rings. The van der Waals surface area contributed by atoms with Crippen LogP contribution in [0, 0.1) is 5.41 Å². The van der Waals surface area contributed by atoms with Crippen LogP contribution in [-0.2, 0) is 16.0 Å². The molecule has 0 saturated heterocycles. The molecule has 0 radical (unpaired) electrons. The zero-order valence-electron chi connectivity index (χ0n) is 13.4. The Morgan fingerprint density at radius 1 is 1.17 bits per heavy atom. The van der Waals surface area contributed by atoms with E-state index in [1.165, 1.54) is 5.56 Å². The second kappa shape index (κ2) is 6.60. The minimum Gasteiger partial charge on any atom is -0.481 e. The van der Waals surface area contributed by atoms with Gasteiger partial charge in [-0.15, -0.1) is 0 Å². The molecule has 1 aliphatic heterocycles. The van der Waals surface area contributed by atoms with Crippen LogP contribution < -0.4 is 10.2 Å². The molecule has 1 saturated carbocycles. The molecule has 23 heavy (non-hydrogen) atoms. The predicted molar refractivity (Wildman–Crippen MR) is 88.5 cm³/mol. The first kappa shape index (κ1) is 15.8. The van der Waals surface area contributed by atoms with Gasteiger partial charge in [-0.2, -0.15) is 0 Å². The average molecular weight is 316 g/mol. The van der Waals surface area contributed by atoms with E-state index in [9.17, 15) is 14.7 Å². The monoisotopic (exact) mass is 316 g/mol. The highest BCUT2D eigenvalue weighted by atomic mass is 16.4. The maximum atomic E-state index is 12.3. The smallest absolute Gasteiger partial charge is 0.311 e. The number of fused-ring (bicyclic) bond motifs is 1. The van der Waals surface area contributed by atoms with Crippen molar-refractivity contribution in [3.8, 4) is 0 Å². The average Bonchev–Trinajstić information content (AvgIpc) is 2.97. The van der Waals surface area contributed by atoms with E-state index in [2.05, 4.69) is 16.3 Å². The van der Waals surface area contributed by atoms with E-state index in [1.807, 2.05) is 18.2 Å². The number of aliphatic carboxylic acids is 1. The van der Waals surface area contributed by atoms with Crippen molar-refractivity contribution in [1.82, 2.24) is 5.32 Å². The maximum absolute atomic E-state index is 12.3. The van der Waals surface area contributed by atoms with Gasteiger partial charge in [0, 0.05) is 18.8 Å². The molecule has 2 N–H and O–H groups in total. The minimum atomic E-state index is -0.774. The van der Waals surface area contributed by atoms with Gasteiger partial charge in [0.1, 0.15) is 0 Å². The third-order valence-corrected chi connectivity index (χ3v) is 5.21. The first-order valence-corrected chi connectivity index (χ1v) is 8.44. The molecule has 1 aromatic carbocycles. The van der Waals surface area contributed by atoms with Crippen LogP contribution in [0.4, 0.5) is 5.69 Å². The molecule has 0 bridgehead atoms. The molecule has 1 aliphatic carbocycles. The molecule has 1 fully saturated rings. The Labute approximate surface area is 136 Å². The van der Waals surface area contributed by atoms with Gasteiger partial charge in [0.25, 0.3) is 0 Å². The SMILES string of the molecule is O=C(CN1CCc2ccccc21)NCC1(C(=O)O)CCCCC1. The summed E-state index contributed by atoms with van der Waals surface area (Å²) in [6.07, 6.45) is 5.24. The summed E-state index contributed by atoms with van der Waals surface area (Å²) >= 11 is 0. The topological polar surface area (TPSA) is 69.6 Å². The number of nitrogens with one attached hydrogen (secondary N) is 1. The third kappa shape index (κ3) is 3.33. The zero-order valence-corrected chi connectivity index (χ0v) is 13.4. The lowest BCUT2D eigenvalue weighted by atomic mass is 9.74. The van der Waals surface area contributed by atoms with E-state index in [1.54, 1.807) is 0 Å². The van der Waals surface area contributed by atoms with E-state index in [4.69, 9.17) is 0 Å². The number of benzene rings is 1. The largest absolute Gasteiger partial charge is 0.481 e. The molecule has 0 atom stereocenters. The number of carboxylic acids is 1. The van der Waals surface area contributed by atoms with Gasteiger partial charge < -0.3 is 15.3 Å². The number of nitrogens with zero attached hydrogens (tertiary/aromatic N) is 1. The van der Waals surface area contributed by atoms with Crippen molar-refractivity contribution < 1.29 is 14.7 Å². The molecule has 0 spiro atoms. The number of carboxylic acid groups (broad SMARTS) is 1. The lowest BCUT2D eigenvalue weighted by Gasteiger charge is -2.33. The van der Waals surface area contributed by atoms with Crippen molar-refractivity contribution >= 4 is 17.6 Å². The summed E-state index contributed by atoms with van der Waals surface area (Å²) in [4.78, 5) is 26.0. The Hall–Kier alpha value is -2.04. The Balaban J connectivity index is 1.57. The van der Waals surface area contributed by atoms with Crippen molar-refractivity contribution in [2.45, 2.75) is 38.5 Å². The lowest BCUT2D eigenvalue weighted by molar-refractivity contribution is -0.151. The van der Waals surface area contributed by atoms with Crippen LogP contribution in [0.1, 0.15) is 37.7 Å². The summed E-state index contributed by atoms with van der Waals surface area (Å²) in [5, 5.41) is 12.4. The number of para-hydroxylation sites is 1. The van der Waals surface area contributed by atoms with E-state index in [0.29, 0.717) is 19.4 Å². The van der Waals surface area contributed by atoms with Crippen LogP contribution in [-0.4, -0.2) is 36.6 Å². The molecular formula is C18H24N2O3. The van der Waals surface area contributed by atoms with Gasteiger partial charge in [-0.05, 0) is 30.9 Å². The number of anilines is 1. The fourth-order valence-electron chi connectivity index (χ4n) is 3.76. The third-order valence-electron chi connectivity index (χ3n) is 5.21. The number of hydrogen-bond acceptors (Lipinski definition) is 3. The molecular weight excluding hydrogens is 292 g/mol. The fourth-order valence-corrected chi connectivity index (χ4v) is 3.76. The maximum Gasteiger partial charge on any atom is 0.311 e. The quantitative estimate of drug-likeness (QED) is 0.874. The first-order chi connectivity index (χ1) is 11.1. The van der Waals surface area contributed by atoms with Crippen LogP contribution in [0.3, 0.4) is 0 Å². The van der Waals surface area contributed by atoms with Crippen molar-refractivity contribution in [3.63, 3.8) is 0 Å². The highest BCUT2D eigenvalue weighted by Gasteiger charge is 2.39. The number of rotatable bonds is 5. The van der Waals surface area contributed by atoms with E-state index >= 15 is 0 Å². The van der Waals surface area contributed by atoms with Crippen LogP contribution in [0.5, 0.6) is 0 Å². The van der Waals surface area contributed by atoms with Crippen molar-refractivity contribution in [2.24, 2.45) is 5.41 Å². The van der Waals surface area contributed by atoms with Gasteiger partial charge in [0.05, 0.1) is 12.0 Å². The molecule has 1 amide bonds. The van der Waals surface area contributed by atoms with E-state index in [0.717, 1.165) is 37.9 Å². The Bertz CT molecular complexity index is 594. The first-order valence-electron chi connectivity index (χ1n) is 8.44. The molecule has 3 rings (SSSR count). The van der Waals surface area contributed by atoms with Crippen molar-refractivity contribution in [1.29, 1.82) is 0 Å². The normalized spacial score (nSPS) is 19.2. The summed E-state index contributed by atoms with van der Waals surface area (Å²) in [5.41, 5.74) is 1.62. The van der Waals surface area contributed by atoms with Gasteiger partial charge >= 0.3 is 5.97 Å². The summed E-state index contributed by atoms with van der Waals surface area (Å²) in [7, 11) is 0. The molecule has 2 aliphatic rings. The number of carbonyl (C=O) groups is 2. The molecule has 0 aromatic heterocycles. The lowest BCUT2D eigenvalue weighted by Crippen LogP contribution is -2.46. The summed E-state index contributed by atoms with van der Waals surface area (Å²) < 4.78 is 0. The number of hydrogen-bond donors (Lipinski definition) is 2. The zero-order chi connectivity index (χ0) is 16.3. The summed E-state index contributed by atoms with van der Waals surface area (Å²) in [6, 6.07) is 8.13. The highest BCUT2D eigenvalue weighted by Crippen LogP contribution is 2.36. The van der Waals surface area contributed by atoms with E-state index in [-0.39, 0.29) is 12.5 Å². The van der Waals surface area contributed by atoms with Crippen LogP contribution in [0.25, 0.3) is 0 Å². The Morgan fingerprint density at radius 2 is 1.91 bits per heavy atom. The highest BCUT2D eigenvalue weighted by molar-refractivity contribution is 5.83. The van der Waals surface area contributed by atoms with Crippen LogP contribution in [0.2, 0.25) is 0 Å². The van der Waals surface area contributed by atoms with Crippen LogP contribution >= 0.6 is 0 Å². The van der Waals surface area contributed by atoms with Gasteiger partial charge in [-0.25, -0.2) is 0 Å². The van der Waals surface area contributed by atoms with Gasteiger partial charge in [0.15, 0.2) is 0 Å². The Morgan fingerprint density at radius 3 is 2.65 bits per heavy atom. The number of carbonyl (C=O) groups excluding carboxylic acids is 1. The van der Waals surface area contributed by atoms with Crippen LogP contribution in [0.15, 0.2) is 24.3 Å². The van der Waals surface area contributed by atoms with Gasteiger partial charge in [-0.3, -0.25) is 9.59 Å². The van der Waals surface area contributed by atoms with Crippen molar-refractivity contribution in [3.05, 3.63) is 29.8 Å². The van der Waals surface area contributed by atoms with Gasteiger partial charge in [-0.1, -0.05) is 37.5 Å². The molecule has 5 nitrogen and oxygen atoms in total. The Kier molecular flexibility index (Phi) is 4.55. The van der Waals surface area contributed by atoms with Gasteiger partial charge in [0.2, 0.25) is 5.91 Å². The van der Waals surface area contributed by atoms with Crippen molar-refractivity contribution in [2.75, 3.05) is 24.5 Å². The molecule has 124 valence electrons. The fraction of sp³-hybridized carbons (Fsp3) is 0.556. The van der Waals surface area contributed by atoms with E-state index < -0.39 is 11.4 Å². The minimum absolute atomic E-state index is 0.0899. The summed E-state index contributed by atoms with van der Waals surface area (Å²) in [6.45, 7) is 1.39. The second-order valence-electron chi connectivity index (χ2n) is 6.72. The molecule has 1 heterocycles. The predicted octanol–water partition coefficient (Wildman–Crippen LogP) is 2.20. The second-order valence-corrected chi connectivity index (χ2v) is 6.72. The molecule has 0 unspecified atom stereocenters.